The average molecular weight is 319 g/mol. The summed E-state index contributed by atoms with van der Waals surface area (Å²) in [7, 11) is 0. The van der Waals surface area contributed by atoms with Gasteiger partial charge in [0.2, 0.25) is 5.91 Å². The van der Waals surface area contributed by atoms with Gasteiger partial charge >= 0.3 is 0 Å². The largest absolute Gasteiger partial charge is 0.468 e. The van der Waals surface area contributed by atoms with Gasteiger partial charge in [-0.1, -0.05) is 0 Å². The number of hydrogen-bond donors (Lipinski definition) is 1. The Hall–Kier alpha value is -1.66. The SMILES string of the molecule is O=C(NCCc1nccs1)[C@@H]1CCCN(Cc2ccco2)C1. The summed E-state index contributed by atoms with van der Waals surface area (Å²) in [6, 6.07) is 3.89. The maximum absolute atomic E-state index is 12.3. The van der Waals surface area contributed by atoms with Gasteiger partial charge in [-0.05, 0) is 31.5 Å². The highest BCUT2D eigenvalue weighted by molar-refractivity contribution is 7.09. The van der Waals surface area contributed by atoms with Crippen molar-refractivity contribution in [1.29, 1.82) is 0 Å². The van der Waals surface area contributed by atoms with E-state index in [2.05, 4.69) is 15.2 Å². The number of rotatable bonds is 6. The van der Waals surface area contributed by atoms with Crippen molar-refractivity contribution in [2.45, 2.75) is 25.8 Å². The van der Waals surface area contributed by atoms with Crippen LogP contribution in [0.1, 0.15) is 23.6 Å². The van der Waals surface area contributed by atoms with Gasteiger partial charge in [0.1, 0.15) is 5.76 Å². The summed E-state index contributed by atoms with van der Waals surface area (Å²) in [5.74, 6) is 1.21. The van der Waals surface area contributed by atoms with Crippen LogP contribution in [0, 0.1) is 5.92 Å². The summed E-state index contributed by atoms with van der Waals surface area (Å²) in [5, 5.41) is 6.08. The van der Waals surface area contributed by atoms with E-state index in [0.29, 0.717) is 6.54 Å². The average Bonchev–Trinajstić information content (AvgIpc) is 3.21. The molecule has 0 radical (unpaired) electrons. The summed E-state index contributed by atoms with van der Waals surface area (Å²) in [5.41, 5.74) is 0. The molecule has 3 heterocycles. The zero-order valence-electron chi connectivity index (χ0n) is 12.5. The summed E-state index contributed by atoms with van der Waals surface area (Å²) >= 11 is 1.63. The molecule has 1 aliphatic rings. The number of hydrogen-bond acceptors (Lipinski definition) is 5. The van der Waals surface area contributed by atoms with Crippen LogP contribution in [0.3, 0.4) is 0 Å². The highest BCUT2D eigenvalue weighted by atomic mass is 32.1. The molecular weight excluding hydrogens is 298 g/mol. The molecule has 0 unspecified atom stereocenters. The van der Waals surface area contributed by atoms with Crippen molar-refractivity contribution < 1.29 is 9.21 Å². The maximum Gasteiger partial charge on any atom is 0.224 e. The first-order chi connectivity index (χ1) is 10.8. The van der Waals surface area contributed by atoms with Gasteiger partial charge in [-0.15, -0.1) is 11.3 Å². The van der Waals surface area contributed by atoms with E-state index in [1.165, 1.54) is 0 Å². The fraction of sp³-hybridized carbons (Fsp3) is 0.500. The van der Waals surface area contributed by atoms with Crippen LogP contribution in [0.25, 0.3) is 0 Å². The molecule has 1 fully saturated rings. The van der Waals surface area contributed by atoms with Gasteiger partial charge in [0.15, 0.2) is 0 Å². The van der Waals surface area contributed by atoms with Crippen LogP contribution in [-0.4, -0.2) is 35.4 Å². The van der Waals surface area contributed by atoms with E-state index in [0.717, 1.165) is 49.7 Å². The van der Waals surface area contributed by atoms with Crippen molar-refractivity contribution in [3.63, 3.8) is 0 Å². The number of furan rings is 1. The zero-order valence-corrected chi connectivity index (χ0v) is 13.3. The molecule has 0 spiro atoms. The second-order valence-corrected chi connectivity index (χ2v) is 6.60. The van der Waals surface area contributed by atoms with E-state index in [9.17, 15) is 4.79 Å². The first-order valence-corrected chi connectivity index (χ1v) is 8.60. The maximum atomic E-state index is 12.3. The van der Waals surface area contributed by atoms with Gasteiger partial charge < -0.3 is 9.73 Å². The second kappa shape index (κ2) is 7.56. The van der Waals surface area contributed by atoms with Gasteiger partial charge in [0.25, 0.3) is 0 Å². The van der Waals surface area contributed by atoms with E-state index >= 15 is 0 Å². The van der Waals surface area contributed by atoms with Crippen LogP contribution in [0.4, 0.5) is 0 Å². The third-order valence-electron chi connectivity index (χ3n) is 3.96. The lowest BCUT2D eigenvalue weighted by Crippen LogP contribution is -2.43. The molecule has 0 saturated carbocycles. The monoisotopic (exact) mass is 319 g/mol. The Morgan fingerprint density at radius 2 is 2.50 bits per heavy atom. The molecule has 1 aliphatic heterocycles. The van der Waals surface area contributed by atoms with Crippen molar-refractivity contribution in [1.82, 2.24) is 15.2 Å². The molecule has 22 heavy (non-hydrogen) atoms. The third kappa shape index (κ3) is 4.18. The predicted octanol–water partition coefficient (Wildman–Crippen LogP) is 2.31. The van der Waals surface area contributed by atoms with Crippen molar-refractivity contribution in [3.8, 4) is 0 Å². The van der Waals surface area contributed by atoms with E-state index in [1.807, 2.05) is 17.5 Å². The van der Waals surface area contributed by atoms with Crippen LogP contribution in [0.5, 0.6) is 0 Å². The molecule has 1 atom stereocenters. The van der Waals surface area contributed by atoms with E-state index in [1.54, 1.807) is 23.8 Å². The summed E-state index contributed by atoms with van der Waals surface area (Å²) in [6.45, 7) is 3.30. The minimum Gasteiger partial charge on any atom is -0.468 e. The lowest BCUT2D eigenvalue weighted by molar-refractivity contribution is -0.126. The smallest absolute Gasteiger partial charge is 0.224 e. The number of nitrogens with zero attached hydrogens (tertiary/aromatic N) is 2. The molecule has 6 heteroatoms. The number of likely N-dealkylation sites (tertiary alicyclic amines) is 1. The van der Waals surface area contributed by atoms with Crippen molar-refractivity contribution in [2.75, 3.05) is 19.6 Å². The van der Waals surface area contributed by atoms with Crippen LogP contribution in [0.2, 0.25) is 0 Å². The van der Waals surface area contributed by atoms with E-state index in [4.69, 9.17) is 4.42 Å². The first-order valence-electron chi connectivity index (χ1n) is 7.72. The van der Waals surface area contributed by atoms with Crippen LogP contribution >= 0.6 is 11.3 Å². The first kappa shape index (κ1) is 15.2. The summed E-state index contributed by atoms with van der Waals surface area (Å²) in [6.07, 6.45) is 6.34. The van der Waals surface area contributed by atoms with Crippen molar-refractivity contribution >= 4 is 17.2 Å². The Balaban J connectivity index is 1.43. The Morgan fingerprint density at radius 1 is 1.55 bits per heavy atom. The lowest BCUT2D eigenvalue weighted by atomic mass is 9.97. The quantitative estimate of drug-likeness (QED) is 0.887. The number of nitrogens with one attached hydrogen (secondary N) is 1. The number of thiazole rings is 1. The van der Waals surface area contributed by atoms with E-state index in [-0.39, 0.29) is 11.8 Å². The fourth-order valence-electron chi connectivity index (χ4n) is 2.85. The molecule has 5 nitrogen and oxygen atoms in total. The van der Waals surface area contributed by atoms with Gasteiger partial charge in [-0.3, -0.25) is 9.69 Å². The Bertz CT molecular complexity index is 568. The van der Waals surface area contributed by atoms with Crippen molar-refractivity contribution in [3.05, 3.63) is 40.7 Å². The second-order valence-electron chi connectivity index (χ2n) is 5.62. The van der Waals surface area contributed by atoms with Gasteiger partial charge in [-0.2, -0.15) is 0 Å². The summed E-state index contributed by atoms with van der Waals surface area (Å²) < 4.78 is 5.39. The van der Waals surface area contributed by atoms with Crippen LogP contribution in [-0.2, 0) is 17.8 Å². The Morgan fingerprint density at radius 3 is 3.27 bits per heavy atom. The molecule has 3 rings (SSSR count). The molecular formula is C16H21N3O2S. The number of carbonyl (C=O) groups is 1. The number of amides is 1. The molecule has 0 bridgehead atoms. The Labute approximate surface area is 134 Å². The molecule has 2 aromatic heterocycles. The zero-order chi connectivity index (χ0) is 15.2. The van der Waals surface area contributed by atoms with Gasteiger partial charge in [-0.25, -0.2) is 4.98 Å². The van der Waals surface area contributed by atoms with E-state index < -0.39 is 0 Å². The molecule has 1 amide bonds. The van der Waals surface area contributed by atoms with Gasteiger partial charge in [0, 0.05) is 31.1 Å². The predicted molar refractivity (Wildman–Crippen MR) is 85.5 cm³/mol. The lowest BCUT2D eigenvalue weighted by Gasteiger charge is -2.31. The van der Waals surface area contributed by atoms with Crippen molar-refractivity contribution in [2.24, 2.45) is 5.92 Å². The van der Waals surface area contributed by atoms with Crippen LogP contribution < -0.4 is 5.32 Å². The minimum absolute atomic E-state index is 0.0833. The van der Waals surface area contributed by atoms with Crippen LogP contribution in [0.15, 0.2) is 34.4 Å². The standard InChI is InChI=1S/C16H21N3O2S/c20-16(18-6-5-15-17-7-10-22-15)13-3-1-8-19(11-13)12-14-4-2-9-21-14/h2,4,7,9-10,13H,1,3,5-6,8,11-12H2,(H,18,20)/t13-/m1/s1. The molecule has 1 N–H and O–H groups in total. The minimum atomic E-state index is 0.0833. The van der Waals surface area contributed by atoms with Gasteiger partial charge in [0.05, 0.1) is 23.7 Å². The fourth-order valence-corrected chi connectivity index (χ4v) is 3.47. The topological polar surface area (TPSA) is 58.4 Å². The molecule has 118 valence electrons. The normalized spacial score (nSPS) is 19.2. The molecule has 0 aliphatic carbocycles. The number of carbonyl (C=O) groups excluding carboxylic acids is 1. The Kier molecular flexibility index (Phi) is 5.24. The highest BCUT2D eigenvalue weighted by Gasteiger charge is 2.25. The number of aromatic nitrogens is 1. The molecule has 0 aromatic carbocycles. The molecule has 1 saturated heterocycles. The molecule has 2 aromatic rings. The summed E-state index contributed by atoms with van der Waals surface area (Å²) in [4.78, 5) is 18.8. The highest BCUT2D eigenvalue weighted by Crippen LogP contribution is 2.19. The number of piperidine rings is 1. The third-order valence-corrected chi connectivity index (χ3v) is 4.80.